The summed E-state index contributed by atoms with van der Waals surface area (Å²) in [5, 5.41) is 0. The van der Waals surface area contributed by atoms with Gasteiger partial charge in [-0.1, -0.05) is 55.5 Å². The summed E-state index contributed by atoms with van der Waals surface area (Å²) < 4.78 is 0. The first-order valence-electron chi connectivity index (χ1n) is 7.15. The van der Waals surface area contributed by atoms with Crippen LogP contribution in [0.3, 0.4) is 0 Å². The Balaban J connectivity index is 1.82. The third-order valence-electron chi connectivity index (χ3n) is 4.55. The number of nitrogens with zero attached hydrogens (tertiary/aromatic N) is 2. The number of hydrogen-bond donors (Lipinski definition) is 0. The van der Waals surface area contributed by atoms with Crippen molar-refractivity contribution in [3.63, 3.8) is 0 Å². The quantitative estimate of drug-likeness (QED) is 0.769. The molecule has 0 N–H and O–H groups in total. The van der Waals surface area contributed by atoms with Crippen LogP contribution in [-0.2, 0) is 0 Å². The fourth-order valence-electron chi connectivity index (χ4n) is 3.57. The van der Waals surface area contributed by atoms with Gasteiger partial charge in [0.15, 0.2) is 0 Å². The van der Waals surface area contributed by atoms with Crippen LogP contribution in [0.25, 0.3) is 5.70 Å². The zero-order valence-corrected chi connectivity index (χ0v) is 11.8. The molecule has 100 valence electrons. The van der Waals surface area contributed by atoms with E-state index in [4.69, 9.17) is 0 Å². The average molecular weight is 262 g/mol. The zero-order chi connectivity index (χ0) is 13.7. The van der Waals surface area contributed by atoms with E-state index in [1.54, 1.807) is 0 Å². The molecule has 0 radical (unpaired) electrons. The van der Waals surface area contributed by atoms with Crippen LogP contribution in [0.15, 0.2) is 60.8 Å². The molecule has 2 nitrogen and oxygen atoms in total. The van der Waals surface area contributed by atoms with Gasteiger partial charge in [-0.15, -0.1) is 0 Å². The summed E-state index contributed by atoms with van der Waals surface area (Å²) >= 11 is 0. The first-order chi connectivity index (χ1) is 9.77. The van der Waals surface area contributed by atoms with E-state index in [1.165, 1.54) is 22.5 Å². The third-order valence-corrected chi connectivity index (χ3v) is 4.55. The molecule has 0 saturated heterocycles. The van der Waals surface area contributed by atoms with E-state index in [1.807, 2.05) is 0 Å². The Hall–Kier alpha value is -2.22. The Morgan fingerprint density at radius 1 is 0.900 bits per heavy atom. The lowest BCUT2D eigenvalue weighted by Crippen LogP contribution is -2.36. The molecule has 0 spiro atoms. The van der Waals surface area contributed by atoms with Gasteiger partial charge in [0.1, 0.15) is 6.17 Å². The zero-order valence-electron chi connectivity index (χ0n) is 11.8. The van der Waals surface area contributed by atoms with Gasteiger partial charge in [-0.25, -0.2) is 0 Å². The predicted octanol–water partition coefficient (Wildman–Crippen LogP) is 3.88. The van der Waals surface area contributed by atoms with Crippen LogP contribution in [0.4, 0.5) is 5.69 Å². The van der Waals surface area contributed by atoms with Gasteiger partial charge >= 0.3 is 0 Å². The molecule has 2 aromatic carbocycles. The fraction of sp³-hybridized carbons (Fsp3) is 0.222. The number of hydrogen-bond acceptors (Lipinski definition) is 2. The highest BCUT2D eigenvalue weighted by atomic mass is 15.4. The molecule has 2 unspecified atom stereocenters. The minimum atomic E-state index is 0.405. The molecule has 0 bridgehead atoms. The number of anilines is 1. The summed E-state index contributed by atoms with van der Waals surface area (Å²) in [7, 11) is 2.20. The lowest BCUT2D eigenvalue weighted by molar-refractivity contribution is 0.347. The summed E-state index contributed by atoms with van der Waals surface area (Å²) in [6.07, 6.45) is 2.70. The molecule has 2 heterocycles. The normalized spacial score (nSPS) is 23.6. The summed E-state index contributed by atoms with van der Waals surface area (Å²) in [5.74, 6) is 0.522. The van der Waals surface area contributed by atoms with E-state index in [2.05, 4.69) is 84.6 Å². The maximum absolute atomic E-state index is 2.42. The predicted molar refractivity (Wildman–Crippen MR) is 83.3 cm³/mol. The summed E-state index contributed by atoms with van der Waals surface area (Å²) in [6.45, 7) is 2.32. The number of fused-ring (bicyclic) bond motifs is 3. The summed E-state index contributed by atoms with van der Waals surface area (Å²) in [5.41, 5.74) is 5.39. The summed E-state index contributed by atoms with van der Waals surface area (Å²) in [4.78, 5) is 4.82. The topological polar surface area (TPSA) is 6.48 Å². The largest absolute Gasteiger partial charge is 0.352 e. The molecule has 2 aliphatic rings. The molecule has 2 aromatic rings. The molecule has 2 heteroatoms. The van der Waals surface area contributed by atoms with Gasteiger partial charge in [0, 0.05) is 24.9 Å². The van der Waals surface area contributed by atoms with E-state index in [0.29, 0.717) is 12.1 Å². The third kappa shape index (κ3) is 1.45. The molecule has 0 amide bonds. The number of likely N-dealkylation sites (N-methyl/N-ethyl adjacent to an activating group) is 1. The average Bonchev–Trinajstić information content (AvgIpc) is 2.98. The van der Waals surface area contributed by atoms with Crippen molar-refractivity contribution < 1.29 is 0 Å². The van der Waals surface area contributed by atoms with Crippen LogP contribution in [0.1, 0.15) is 24.0 Å². The molecule has 0 aliphatic carbocycles. The van der Waals surface area contributed by atoms with Crippen molar-refractivity contribution in [1.29, 1.82) is 0 Å². The Bertz CT molecular complexity index is 675. The Kier molecular flexibility index (Phi) is 2.40. The van der Waals surface area contributed by atoms with Crippen molar-refractivity contribution in [3.05, 3.63) is 71.9 Å². The highest BCUT2D eigenvalue weighted by Gasteiger charge is 2.42. The van der Waals surface area contributed by atoms with Crippen LogP contribution in [0.2, 0.25) is 0 Å². The van der Waals surface area contributed by atoms with E-state index >= 15 is 0 Å². The molecule has 2 aliphatic heterocycles. The first-order valence-corrected chi connectivity index (χ1v) is 7.15. The Morgan fingerprint density at radius 3 is 2.40 bits per heavy atom. The van der Waals surface area contributed by atoms with Crippen molar-refractivity contribution in [3.8, 4) is 0 Å². The van der Waals surface area contributed by atoms with Crippen molar-refractivity contribution in [2.45, 2.75) is 19.0 Å². The second-order valence-electron chi connectivity index (χ2n) is 5.66. The maximum atomic E-state index is 2.42. The van der Waals surface area contributed by atoms with Crippen LogP contribution < -0.4 is 4.90 Å². The van der Waals surface area contributed by atoms with Crippen LogP contribution >= 0.6 is 0 Å². The number of para-hydroxylation sites is 1. The number of rotatable bonds is 1. The lowest BCUT2D eigenvalue weighted by Gasteiger charge is -2.29. The van der Waals surface area contributed by atoms with Gasteiger partial charge in [-0.2, -0.15) is 0 Å². The van der Waals surface area contributed by atoms with Gasteiger partial charge in [-0.05, 0) is 17.2 Å². The Labute approximate surface area is 119 Å². The minimum Gasteiger partial charge on any atom is -0.352 e. The molecule has 2 atom stereocenters. The second-order valence-corrected chi connectivity index (χ2v) is 5.66. The van der Waals surface area contributed by atoms with Crippen molar-refractivity contribution in [2.75, 3.05) is 11.9 Å². The van der Waals surface area contributed by atoms with Gasteiger partial charge in [0.25, 0.3) is 0 Å². The van der Waals surface area contributed by atoms with E-state index < -0.39 is 0 Å². The van der Waals surface area contributed by atoms with Gasteiger partial charge < -0.3 is 9.80 Å². The van der Waals surface area contributed by atoms with Crippen LogP contribution in [-0.4, -0.2) is 18.1 Å². The van der Waals surface area contributed by atoms with Crippen LogP contribution in [0, 0.1) is 0 Å². The van der Waals surface area contributed by atoms with Crippen molar-refractivity contribution in [1.82, 2.24) is 4.90 Å². The van der Waals surface area contributed by atoms with E-state index in [0.717, 1.165) is 0 Å². The highest BCUT2D eigenvalue weighted by Crippen LogP contribution is 2.47. The summed E-state index contributed by atoms with van der Waals surface area (Å²) in [6, 6.07) is 19.4. The lowest BCUT2D eigenvalue weighted by atomic mass is 10.0. The Morgan fingerprint density at radius 2 is 1.60 bits per heavy atom. The fourth-order valence-corrected chi connectivity index (χ4v) is 3.57. The first kappa shape index (κ1) is 11.6. The van der Waals surface area contributed by atoms with Crippen LogP contribution in [0.5, 0.6) is 0 Å². The molecular formula is C18H18N2. The smallest absolute Gasteiger partial charge is 0.112 e. The second kappa shape index (κ2) is 4.14. The van der Waals surface area contributed by atoms with E-state index in [-0.39, 0.29) is 0 Å². The molecular weight excluding hydrogens is 244 g/mol. The van der Waals surface area contributed by atoms with Gasteiger partial charge in [-0.3, -0.25) is 0 Å². The SMILES string of the molecule is CC1c2ccccc2N2C=C(c3ccccc3)N(C)C12. The van der Waals surface area contributed by atoms with Crippen molar-refractivity contribution in [2.24, 2.45) is 0 Å². The standard InChI is InChI=1S/C18H18N2/c1-13-15-10-6-7-11-16(15)20-12-17(19(2)18(13)20)14-8-4-3-5-9-14/h3-13,18H,1-2H3. The minimum absolute atomic E-state index is 0.405. The highest BCUT2D eigenvalue weighted by molar-refractivity contribution is 5.76. The van der Waals surface area contributed by atoms with Gasteiger partial charge in [0.05, 0.1) is 5.70 Å². The molecule has 0 fully saturated rings. The monoisotopic (exact) mass is 262 g/mol. The molecule has 0 saturated carbocycles. The molecule has 0 aromatic heterocycles. The molecule has 20 heavy (non-hydrogen) atoms. The van der Waals surface area contributed by atoms with Crippen molar-refractivity contribution >= 4 is 11.4 Å². The maximum Gasteiger partial charge on any atom is 0.112 e. The van der Waals surface area contributed by atoms with Gasteiger partial charge in [0.2, 0.25) is 0 Å². The van der Waals surface area contributed by atoms with E-state index in [9.17, 15) is 0 Å². The number of benzene rings is 2. The molecule has 4 rings (SSSR count).